The van der Waals surface area contributed by atoms with Crippen molar-refractivity contribution < 1.29 is 32.6 Å². The van der Waals surface area contributed by atoms with Gasteiger partial charge in [0, 0.05) is 25.1 Å². The average molecular weight is 409 g/mol. The van der Waals surface area contributed by atoms with E-state index in [0.29, 0.717) is 34.5 Å². The van der Waals surface area contributed by atoms with E-state index < -0.39 is 17.7 Å². The molecule has 2 aromatic carbocycles. The van der Waals surface area contributed by atoms with Crippen molar-refractivity contribution >= 4 is 11.8 Å². The summed E-state index contributed by atoms with van der Waals surface area (Å²) in [4.78, 5) is 22.1. The van der Waals surface area contributed by atoms with Crippen LogP contribution in [0.4, 0.5) is 13.2 Å². The predicted molar refractivity (Wildman–Crippen MR) is 102 cm³/mol. The second kappa shape index (κ2) is 9.56. The van der Waals surface area contributed by atoms with Crippen LogP contribution in [0.15, 0.2) is 36.4 Å². The van der Waals surface area contributed by atoms with Gasteiger partial charge >= 0.3 is 12.1 Å². The van der Waals surface area contributed by atoms with Gasteiger partial charge in [-0.2, -0.15) is 13.2 Å². The molecule has 0 unspecified atom stereocenters. The van der Waals surface area contributed by atoms with Crippen LogP contribution >= 0.6 is 0 Å². The smallest absolute Gasteiger partial charge is 0.416 e. The maximum Gasteiger partial charge on any atom is 0.416 e. The number of carboxylic acid groups (broad SMARTS) is 1. The zero-order valence-corrected chi connectivity index (χ0v) is 16.1. The Kier molecular flexibility index (Phi) is 7.39. The molecule has 0 heterocycles. The number of hydrogen-bond donors (Lipinski definition) is 2. The van der Waals surface area contributed by atoms with Crippen LogP contribution in [0.5, 0.6) is 5.75 Å². The number of methoxy groups -OCH3 is 1. The van der Waals surface area contributed by atoms with Crippen molar-refractivity contribution in [3.8, 4) is 16.9 Å². The molecule has 0 aliphatic rings. The first-order valence-corrected chi connectivity index (χ1v) is 8.91. The molecule has 0 saturated carbocycles. The molecule has 2 N–H and O–H groups in total. The molecule has 0 spiro atoms. The Hall–Kier alpha value is -2.87. The van der Waals surface area contributed by atoms with E-state index in [1.807, 2.05) is 0 Å². The lowest BCUT2D eigenvalue weighted by molar-refractivity contribution is -0.138. The number of benzene rings is 2. The number of rotatable bonds is 9. The number of carbonyl (C=O) groups excluding carboxylic acids is 1. The van der Waals surface area contributed by atoms with Crippen LogP contribution in [0.2, 0.25) is 0 Å². The van der Waals surface area contributed by atoms with Crippen LogP contribution in [-0.2, 0) is 28.7 Å². The first-order chi connectivity index (χ1) is 13.6. The average Bonchev–Trinajstić information content (AvgIpc) is 2.63. The van der Waals surface area contributed by atoms with Crippen molar-refractivity contribution in [2.24, 2.45) is 0 Å². The van der Waals surface area contributed by atoms with Gasteiger partial charge in [0.1, 0.15) is 11.5 Å². The maximum atomic E-state index is 13.2. The lowest BCUT2D eigenvalue weighted by Crippen LogP contribution is -2.18. The highest BCUT2D eigenvalue weighted by atomic mass is 19.4. The fourth-order valence-electron chi connectivity index (χ4n) is 2.92. The van der Waals surface area contributed by atoms with Crippen molar-refractivity contribution in [2.75, 3.05) is 13.7 Å². The zero-order valence-electron chi connectivity index (χ0n) is 16.1. The molecular weight excluding hydrogens is 387 g/mol. The number of Topliss-reactive ketones (excluding diaryl/α,β-unsaturated/α-hetero) is 1. The van der Waals surface area contributed by atoms with Gasteiger partial charge in [-0.05, 0) is 47.9 Å². The Morgan fingerprint density at radius 1 is 1.10 bits per heavy atom. The third-order valence-corrected chi connectivity index (χ3v) is 4.31. The third-order valence-electron chi connectivity index (χ3n) is 4.31. The number of ether oxygens (including phenoxy) is 1. The Morgan fingerprint density at radius 2 is 1.83 bits per heavy atom. The van der Waals surface area contributed by atoms with Gasteiger partial charge in [0.05, 0.1) is 19.1 Å². The van der Waals surface area contributed by atoms with Crippen LogP contribution in [0.1, 0.15) is 30.0 Å². The van der Waals surface area contributed by atoms with E-state index in [0.717, 1.165) is 12.1 Å². The van der Waals surface area contributed by atoms with E-state index in [2.05, 4.69) is 5.32 Å². The number of aliphatic carboxylic acids is 1. The van der Waals surface area contributed by atoms with Crippen molar-refractivity contribution in [3.05, 3.63) is 53.1 Å². The molecule has 0 aliphatic heterocycles. The quantitative estimate of drug-likeness (QED) is 0.611. The molecular formula is C21H22F3NO4. The number of hydrogen-bond acceptors (Lipinski definition) is 4. The summed E-state index contributed by atoms with van der Waals surface area (Å²) in [5.41, 5.74) is 1.09. The predicted octanol–water partition coefficient (Wildman–Crippen LogP) is 4.08. The van der Waals surface area contributed by atoms with Crippen molar-refractivity contribution in [2.45, 2.75) is 32.5 Å². The number of carbonyl (C=O) groups is 2. The Balaban J connectivity index is 2.49. The SMILES string of the molecule is COc1ccc(CC(=O)O)cc1-c1ccc(C(F)(F)F)cc1CNCCC(C)=O. The Bertz CT molecular complexity index is 894. The first kappa shape index (κ1) is 22.4. The van der Waals surface area contributed by atoms with Gasteiger partial charge in [0.2, 0.25) is 0 Å². The minimum Gasteiger partial charge on any atom is -0.496 e. The lowest BCUT2D eigenvalue weighted by Gasteiger charge is -2.17. The molecule has 0 fully saturated rings. The van der Waals surface area contributed by atoms with E-state index in [1.165, 1.54) is 20.1 Å². The van der Waals surface area contributed by atoms with Gasteiger partial charge in [-0.25, -0.2) is 0 Å². The summed E-state index contributed by atoms with van der Waals surface area (Å²) in [6.07, 6.45) is -4.45. The molecule has 2 aromatic rings. The highest BCUT2D eigenvalue weighted by Crippen LogP contribution is 2.37. The molecule has 0 amide bonds. The van der Waals surface area contributed by atoms with E-state index in [4.69, 9.17) is 9.84 Å². The minimum atomic E-state index is -4.50. The molecule has 0 saturated heterocycles. The highest BCUT2D eigenvalue weighted by Gasteiger charge is 2.31. The summed E-state index contributed by atoms with van der Waals surface area (Å²) in [5, 5.41) is 12.0. The molecule has 0 aliphatic carbocycles. The normalized spacial score (nSPS) is 11.3. The molecule has 8 heteroatoms. The lowest BCUT2D eigenvalue weighted by atomic mass is 9.94. The van der Waals surface area contributed by atoms with Gasteiger partial charge in [0.25, 0.3) is 0 Å². The van der Waals surface area contributed by atoms with Crippen molar-refractivity contribution in [1.29, 1.82) is 0 Å². The van der Waals surface area contributed by atoms with Crippen LogP contribution in [-0.4, -0.2) is 30.5 Å². The molecule has 0 atom stereocenters. The Labute approximate surface area is 166 Å². The van der Waals surface area contributed by atoms with E-state index in [9.17, 15) is 22.8 Å². The molecule has 2 rings (SSSR count). The van der Waals surface area contributed by atoms with Crippen LogP contribution in [0, 0.1) is 0 Å². The van der Waals surface area contributed by atoms with Crippen molar-refractivity contribution in [3.63, 3.8) is 0 Å². The zero-order chi connectivity index (χ0) is 21.6. The summed E-state index contributed by atoms with van der Waals surface area (Å²) < 4.78 is 44.9. The molecule has 156 valence electrons. The number of ketones is 1. The highest BCUT2D eigenvalue weighted by molar-refractivity contribution is 5.77. The topological polar surface area (TPSA) is 75.6 Å². The summed E-state index contributed by atoms with van der Waals surface area (Å²) in [6.45, 7) is 1.89. The second-order valence-corrected chi connectivity index (χ2v) is 6.60. The number of halogens is 3. The van der Waals surface area contributed by atoms with E-state index in [1.54, 1.807) is 18.2 Å². The standard InChI is InChI=1S/C21H22F3NO4/c1-13(26)7-8-25-12-15-11-16(21(22,23)24)4-5-17(15)18-9-14(10-20(27)28)3-6-19(18)29-2/h3-6,9,11,25H,7-8,10,12H2,1-2H3,(H,27,28). The number of carboxylic acids is 1. The van der Waals surface area contributed by atoms with Crippen LogP contribution in [0.25, 0.3) is 11.1 Å². The van der Waals surface area contributed by atoms with Gasteiger partial charge < -0.3 is 15.2 Å². The molecule has 29 heavy (non-hydrogen) atoms. The summed E-state index contributed by atoms with van der Waals surface area (Å²) in [7, 11) is 1.44. The monoisotopic (exact) mass is 409 g/mol. The third kappa shape index (κ3) is 6.32. The van der Waals surface area contributed by atoms with Crippen LogP contribution < -0.4 is 10.1 Å². The van der Waals surface area contributed by atoms with Crippen molar-refractivity contribution in [1.82, 2.24) is 5.32 Å². The molecule has 0 radical (unpaired) electrons. The number of nitrogens with one attached hydrogen (secondary N) is 1. The van der Waals surface area contributed by atoms with Crippen LogP contribution in [0.3, 0.4) is 0 Å². The molecule has 5 nitrogen and oxygen atoms in total. The van der Waals surface area contributed by atoms with E-state index >= 15 is 0 Å². The number of alkyl halides is 3. The van der Waals surface area contributed by atoms with Gasteiger partial charge in [0.15, 0.2) is 0 Å². The minimum absolute atomic E-state index is 0.0233. The van der Waals surface area contributed by atoms with Gasteiger partial charge in [-0.3, -0.25) is 9.59 Å². The second-order valence-electron chi connectivity index (χ2n) is 6.60. The summed E-state index contributed by atoms with van der Waals surface area (Å²) >= 11 is 0. The maximum absolute atomic E-state index is 13.2. The fourth-order valence-corrected chi connectivity index (χ4v) is 2.92. The largest absolute Gasteiger partial charge is 0.496 e. The van der Waals surface area contributed by atoms with Gasteiger partial charge in [-0.1, -0.05) is 12.1 Å². The first-order valence-electron chi connectivity index (χ1n) is 8.91. The summed E-state index contributed by atoms with van der Waals surface area (Å²) in [6, 6.07) is 8.20. The van der Waals surface area contributed by atoms with Gasteiger partial charge in [-0.15, -0.1) is 0 Å². The van der Waals surface area contributed by atoms with E-state index in [-0.39, 0.29) is 25.2 Å². The summed E-state index contributed by atoms with van der Waals surface area (Å²) in [5.74, 6) is -0.617. The Morgan fingerprint density at radius 3 is 2.41 bits per heavy atom. The fraction of sp³-hybridized carbons (Fsp3) is 0.333. The molecule has 0 bridgehead atoms. The molecule has 0 aromatic heterocycles.